The van der Waals surface area contributed by atoms with Crippen LogP contribution in [0.1, 0.15) is 5.56 Å². The predicted octanol–water partition coefficient (Wildman–Crippen LogP) is 3.25. The zero-order chi connectivity index (χ0) is 19.1. The van der Waals surface area contributed by atoms with Gasteiger partial charge in [0.15, 0.2) is 5.82 Å². The predicted molar refractivity (Wildman–Crippen MR) is 103 cm³/mol. The highest BCUT2D eigenvalue weighted by molar-refractivity contribution is 5.65. The Balaban J connectivity index is 1.72. The maximum absolute atomic E-state index is 5.39. The molecular weight excluding hydrogens is 346 g/mol. The van der Waals surface area contributed by atoms with Gasteiger partial charge in [-0.25, -0.2) is 0 Å². The van der Waals surface area contributed by atoms with Gasteiger partial charge in [0.2, 0.25) is 5.95 Å². The highest BCUT2D eigenvalue weighted by atomic mass is 16.5. The van der Waals surface area contributed by atoms with Crippen molar-refractivity contribution in [2.75, 3.05) is 32.0 Å². The van der Waals surface area contributed by atoms with E-state index >= 15 is 0 Å². The summed E-state index contributed by atoms with van der Waals surface area (Å²) in [7, 11) is 4.85. The van der Waals surface area contributed by atoms with Crippen molar-refractivity contribution in [3.8, 4) is 17.2 Å². The van der Waals surface area contributed by atoms with E-state index in [1.807, 2.05) is 36.4 Å². The number of aromatic nitrogens is 3. The van der Waals surface area contributed by atoms with E-state index in [-0.39, 0.29) is 0 Å². The molecule has 0 radical (unpaired) electrons. The summed E-state index contributed by atoms with van der Waals surface area (Å²) in [6.45, 7) is 0.515. The highest BCUT2D eigenvalue weighted by Crippen LogP contribution is 2.31. The van der Waals surface area contributed by atoms with Crippen LogP contribution in [0.5, 0.6) is 17.2 Å². The van der Waals surface area contributed by atoms with Gasteiger partial charge in [0.1, 0.15) is 17.2 Å². The Bertz CT molecular complexity index is 904. The van der Waals surface area contributed by atoms with Gasteiger partial charge < -0.3 is 24.8 Å². The molecule has 3 aromatic rings. The number of nitrogens with zero attached hydrogens (tertiary/aromatic N) is 3. The molecule has 0 aliphatic rings. The van der Waals surface area contributed by atoms with E-state index in [1.165, 1.54) is 6.20 Å². The number of ether oxygens (including phenoxy) is 3. The number of para-hydroxylation sites is 1. The molecule has 0 fully saturated rings. The molecule has 27 heavy (non-hydrogen) atoms. The number of hydrogen-bond acceptors (Lipinski definition) is 8. The fourth-order valence-corrected chi connectivity index (χ4v) is 2.50. The van der Waals surface area contributed by atoms with E-state index in [0.29, 0.717) is 29.8 Å². The largest absolute Gasteiger partial charge is 0.497 e. The van der Waals surface area contributed by atoms with Gasteiger partial charge in [-0.15, -0.1) is 5.10 Å². The summed E-state index contributed by atoms with van der Waals surface area (Å²) in [6, 6.07) is 13.2. The van der Waals surface area contributed by atoms with E-state index < -0.39 is 0 Å². The van der Waals surface area contributed by atoms with Gasteiger partial charge >= 0.3 is 0 Å². The number of rotatable bonds is 8. The average molecular weight is 367 g/mol. The van der Waals surface area contributed by atoms with E-state index in [9.17, 15) is 0 Å². The lowest BCUT2D eigenvalue weighted by Crippen LogP contribution is -2.07. The molecule has 0 atom stereocenters. The quantitative estimate of drug-likeness (QED) is 0.627. The summed E-state index contributed by atoms with van der Waals surface area (Å²) >= 11 is 0. The minimum atomic E-state index is 0.401. The summed E-state index contributed by atoms with van der Waals surface area (Å²) < 4.78 is 15.9. The van der Waals surface area contributed by atoms with E-state index in [0.717, 1.165) is 17.0 Å². The van der Waals surface area contributed by atoms with Gasteiger partial charge in [-0.3, -0.25) is 0 Å². The minimum Gasteiger partial charge on any atom is -0.497 e. The number of methoxy groups -OCH3 is 3. The summed E-state index contributed by atoms with van der Waals surface area (Å²) in [5.74, 6) is 3.08. The fourth-order valence-electron chi connectivity index (χ4n) is 2.50. The smallest absolute Gasteiger partial charge is 0.244 e. The van der Waals surface area contributed by atoms with Crippen LogP contribution in [0.3, 0.4) is 0 Å². The topological polar surface area (TPSA) is 90.4 Å². The molecule has 1 aromatic heterocycles. The van der Waals surface area contributed by atoms with Crippen LogP contribution < -0.4 is 24.8 Å². The maximum Gasteiger partial charge on any atom is 0.244 e. The van der Waals surface area contributed by atoms with E-state index in [1.54, 1.807) is 27.4 Å². The standard InChI is InChI=1S/C19H21N5O3/c1-25-14-8-9-15(17(10-14)27-3)22-18-12-21-24-19(23-18)20-11-13-6-4-5-7-16(13)26-2/h4-10,12H,11H2,1-3H3,(H2,20,22,23,24). The molecule has 3 rings (SSSR count). The first kappa shape index (κ1) is 18.2. The number of nitrogens with one attached hydrogen (secondary N) is 2. The van der Waals surface area contributed by atoms with Crippen LogP contribution in [0, 0.1) is 0 Å². The van der Waals surface area contributed by atoms with E-state index in [4.69, 9.17) is 14.2 Å². The summed E-state index contributed by atoms with van der Waals surface area (Å²) in [5, 5.41) is 14.3. The Labute approximate surface area is 157 Å². The summed E-state index contributed by atoms with van der Waals surface area (Å²) in [4.78, 5) is 4.43. The Morgan fingerprint density at radius 2 is 1.74 bits per heavy atom. The lowest BCUT2D eigenvalue weighted by Gasteiger charge is -2.12. The monoisotopic (exact) mass is 367 g/mol. The van der Waals surface area contributed by atoms with Crippen LogP contribution in [0.25, 0.3) is 0 Å². The summed E-state index contributed by atoms with van der Waals surface area (Å²) in [5.41, 5.74) is 1.74. The molecule has 2 aromatic carbocycles. The third-order valence-corrected chi connectivity index (χ3v) is 3.86. The second kappa shape index (κ2) is 8.70. The lowest BCUT2D eigenvalue weighted by atomic mass is 10.2. The first-order chi connectivity index (χ1) is 13.2. The molecule has 2 N–H and O–H groups in total. The molecule has 0 bridgehead atoms. The van der Waals surface area contributed by atoms with Gasteiger partial charge in [-0.05, 0) is 18.2 Å². The fraction of sp³-hybridized carbons (Fsp3) is 0.211. The summed E-state index contributed by atoms with van der Waals surface area (Å²) in [6.07, 6.45) is 1.54. The first-order valence-corrected chi connectivity index (χ1v) is 8.28. The Morgan fingerprint density at radius 3 is 2.52 bits per heavy atom. The Morgan fingerprint density at radius 1 is 0.926 bits per heavy atom. The van der Waals surface area contributed by atoms with Gasteiger partial charge in [0, 0.05) is 18.2 Å². The molecular formula is C19H21N5O3. The SMILES string of the molecule is COc1ccc(Nc2cnnc(NCc3ccccc3OC)n2)c(OC)c1. The van der Waals surface area contributed by atoms with Crippen molar-refractivity contribution in [2.45, 2.75) is 6.54 Å². The van der Waals surface area contributed by atoms with Crippen molar-refractivity contribution >= 4 is 17.5 Å². The van der Waals surface area contributed by atoms with Crippen molar-refractivity contribution in [3.63, 3.8) is 0 Å². The van der Waals surface area contributed by atoms with Crippen molar-refractivity contribution in [1.82, 2.24) is 15.2 Å². The second-order valence-corrected chi connectivity index (χ2v) is 5.52. The number of anilines is 3. The second-order valence-electron chi connectivity index (χ2n) is 5.52. The van der Waals surface area contributed by atoms with Crippen LogP contribution in [0.15, 0.2) is 48.7 Å². The van der Waals surface area contributed by atoms with Gasteiger partial charge in [-0.2, -0.15) is 10.1 Å². The zero-order valence-electron chi connectivity index (χ0n) is 15.4. The molecule has 0 unspecified atom stereocenters. The molecule has 8 nitrogen and oxygen atoms in total. The van der Waals surface area contributed by atoms with E-state index in [2.05, 4.69) is 25.8 Å². The van der Waals surface area contributed by atoms with Gasteiger partial charge in [-0.1, -0.05) is 18.2 Å². The molecule has 8 heteroatoms. The van der Waals surface area contributed by atoms with Crippen molar-refractivity contribution in [3.05, 3.63) is 54.2 Å². The van der Waals surface area contributed by atoms with Crippen molar-refractivity contribution in [2.24, 2.45) is 0 Å². The molecule has 0 spiro atoms. The number of hydrogen-bond donors (Lipinski definition) is 2. The Hall–Kier alpha value is -3.55. The molecule has 0 aliphatic heterocycles. The zero-order valence-corrected chi connectivity index (χ0v) is 15.4. The van der Waals surface area contributed by atoms with Crippen LogP contribution in [-0.4, -0.2) is 36.5 Å². The van der Waals surface area contributed by atoms with Crippen LogP contribution in [-0.2, 0) is 6.54 Å². The average Bonchev–Trinajstić information content (AvgIpc) is 2.73. The first-order valence-electron chi connectivity index (χ1n) is 8.28. The third kappa shape index (κ3) is 4.55. The van der Waals surface area contributed by atoms with Crippen LogP contribution >= 0.6 is 0 Å². The third-order valence-electron chi connectivity index (χ3n) is 3.86. The van der Waals surface area contributed by atoms with Crippen molar-refractivity contribution < 1.29 is 14.2 Å². The normalized spacial score (nSPS) is 10.2. The van der Waals surface area contributed by atoms with Crippen LogP contribution in [0.2, 0.25) is 0 Å². The molecule has 140 valence electrons. The molecule has 0 saturated heterocycles. The van der Waals surface area contributed by atoms with Gasteiger partial charge in [0.25, 0.3) is 0 Å². The molecule has 0 saturated carbocycles. The number of benzene rings is 2. The van der Waals surface area contributed by atoms with Gasteiger partial charge in [0.05, 0.1) is 33.2 Å². The maximum atomic E-state index is 5.39. The molecule has 1 heterocycles. The molecule has 0 aliphatic carbocycles. The minimum absolute atomic E-state index is 0.401. The Kier molecular flexibility index (Phi) is 5.88. The lowest BCUT2D eigenvalue weighted by molar-refractivity contribution is 0.395. The van der Waals surface area contributed by atoms with Crippen LogP contribution in [0.4, 0.5) is 17.5 Å². The van der Waals surface area contributed by atoms with Crippen molar-refractivity contribution in [1.29, 1.82) is 0 Å². The highest BCUT2D eigenvalue weighted by Gasteiger charge is 2.08. The molecule has 0 amide bonds.